The van der Waals surface area contributed by atoms with Crippen LogP contribution >= 0.6 is 0 Å². The summed E-state index contributed by atoms with van der Waals surface area (Å²) in [6, 6.07) is 6.04. The number of hydrogen-bond acceptors (Lipinski definition) is 4. The van der Waals surface area contributed by atoms with Crippen LogP contribution in [0, 0.1) is 5.82 Å². The Balaban J connectivity index is 1.61. The molecule has 2 aliphatic rings. The lowest BCUT2D eigenvalue weighted by atomic mass is 9.98. The van der Waals surface area contributed by atoms with Crippen LogP contribution in [-0.2, 0) is 22.4 Å². The number of carbonyl (C=O) groups excluding carboxylic acids is 2. The van der Waals surface area contributed by atoms with Gasteiger partial charge >= 0.3 is 5.97 Å². The van der Waals surface area contributed by atoms with E-state index in [1.165, 1.54) is 6.07 Å². The second-order valence-electron chi connectivity index (χ2n) is 6.75. The van der Waals surface area contributed by atoms with Gasteiger partial charge in [-0.2, -0.15) is 0 Å². The van der Waals surface area contributed by atoms with Gasteiger partial charge in [-0.25, -0.2) is 9.18 Å². The molecule has 0 aliphatic carbocycles. The largest absolute Gasteiger partial charge is 0.493 e. The van der Waals surface area contributed by atoms with Crippen LogP contribution in [0.1, 0.15) is 39.5 Å². The molecule has 1 atom stereocenters. The number of carboxylic acids is 1. The van der Waals surface area contributed by atoms with Crippen LogP contribution in [0.5, 0.6) is 5.75 Å². The van der Waals surface area contributed by atoms with Crippen LogP contribution < -0.4 is 15.4 Å². The average molecular weight is 384 g/mol. The molecule has 28 heavy (non-hydrogen) atoms. The molecule has 0 spiro atoms. The zero-order valence-electron chi connectivity index (χ0n) is 14.8. The molecule has 0 aromatic heterocycles. The van der Waals surface area contributed by atoms with Crippen LogP contribution in [-0.4, -0.2) is 29.5 Å². The number of ether oxygens (including phenoxy) is 1. The van der Waals surface area contributed by atoms with Crippen LogP contribution in [0.25, 0.3) is 0 Å². The molecule has 4 rings (SSSR count). The third-order valence-electron chi connectivity index (χ3n) is 4.90. The van der Waals surface area contributed by atoms with Crippen LogP contribution in [0.4, 0.5) is 10.1 Å². The zero-order chi connectivity index (χ0) is 19.8. The van der Waals surface area contributed by atoms with Crippen LogP contribution in [0.2, 0.25) is 0 Å². The maximum atomic E-state index is 14.4. The zero-order valence-corrected chi connectivity index (χ0v) is 14.8. The molecule has 144 valence electrons. The highest BCUT2D eigenvalue weighted by atomic mass is 19.1. The number of fused-ring (bicyclic) bond motifs is 2. The number of hydrogen-bond donors (Lipinski definition) is 3. The van der Waals surface area contributed by atoms with Crippen molar-refractivity contribution in [2.45, 2.75) is 25.3 Å². The van der Waals surface area contributed by atoms with E-state index in [0.717, 1.165) is 11.6 Å². The lowest BCUT2D eigenvalue weighted by Crippen LogP contribution is -2.34. The van der Waals surface area contributed by atoms with E-state index in [-0.39, 0.29) is 17.9 Å². The van der Waals surface area contributed by atoms with Gasteiger partial charge in [-0.15, -0.1) is 0 Å². The summed E-state index contributed by atoms with van der Waals surface area (Å²) in [5, 5.41) is 14.5. The minimum absolute atomic E-state index is 0.212. The quantitative estimate of drug-likeness (QED) is 0.750. The van der Waals surface area contributed by atoms with Gasteiger partial charge in [0.05, 0.1) is 12.2 Å². The molecule has 2 heterocycles. The Morgan fingerprint density at radius 1 is 1.14 bits per heavy atom. The van der Waals surface area contributed by atoms with Gasteiger partial charge < -0.3 is 20.5 Å². The predicted molar refractivity (Wildman–Crippen MR) is 96.8 cm³/mol. The number of rotatable bonds is 4. The van der Waals surface area contributed by atoms with Gasteiger partial charge in [-0.05, 0) is 47.4 Å². The van der Waals surface area contributed by atoms with Crippen molar-refractivity contribution in [1.29, 1.82) is 0 Å². The Hall–Kier alpha value is -3.42. The molecule has 0 fully saturated rings. The summed E-state index contributed by atoms with van der Waals surface area (Å²) >= 11 is 0. The summed E-state index contributed by atoms with van der Waals surface area (Å²) in [5.41, 5.74) is 1.96. The first kappa shape index (κ1) is 18.0. The van der Waals surface area contributed by atoms with Crippen molar-refractivity contribution >= 4 is 23.5 Å². The number of aliphatic carboxylic acids is 1. The summed E-state index contributed by atoms with van der Waals surface area (Å²) in [6.07, 6.45) is 1.29. The number of anilines is 1. The monoisotopic (exact) mass is 384 g/mol. The van der Waals surface area contributed by atoms with Gasteiger partial charge in [0, 0.05) is 18.5 Å². The van der Waals surface area contributed by atoms with E-state index in [4.69, 9.17) is 4.74 Å². The van der Waals surface area contributed by atoms with Gasteiger partial charge in [-0.3, -0.25) is 9.59 Å². The summed E-state index contributed by atoms with van der Waals surface area (Å²) in [5.74, 6) is -2.43. The topological polar surface area (TPSA) is 105 Å². The lowest BCUT2D eigenvalue weighted by Gasteiger charge is -2.19. The van der Waals surface area contributed by atoms with Crippen molar-refractivity contribution in [3.05, 3.63) is 58.4 Å². The fraction of sp³-hybridized carbons (Fsp3) is 0.250. The Bertz CT molecular complexity index is 1000. The fourth-order valence-electron chi connectivity index (χ4n) is 3.46. The van der Waals surface area contributed by atoms with Crippen molar-refractivity contribution in [2.75, 3.05) is 11.9 Å². The van der Waals surface area contributed by atoms with Crippen molar-refractivity contribution in [3.63, 3.8) is 0 Å². The Kier molecular flexibility index (Phi) is 4.46. The number of benzene rings is 2. The molecule has 2 amide bonds. The van der Waals surface area contributed by atoms with Gasteiger partial charge in [0.1, 0.15) is 11.6 Å². The second kappa shape index (κ2) is 6.95. The third kappa shape index (κ3) is 3.28. The second-order valence-corrected chi connectivity index (χ2v) is 6.75. The first-order valence-electron chi connectivity index (χ1n) is 8.84. The summed E-state index contributed by atoms with van der Waals surface area (Å²) in [4.78, 5) is 35.8. The number of nitrogens with one attached hydrogen (secondary N) is 2. The van der Waals surface area contributed by atoms with E-state index in [1.54, 1.807) is 18.2 Å². The third-order valence-corrected chi connectivity index (χ3v) is 4.90. The molecule has 0 saturated heterocycles. The summed E-state index contributed by atoms with van der Waals surface area (Å²) in [6.45, 7) is 0.528. The summed E-state index contributed by atoms with van der Waals surface area (Å²) in [7, 11) is 0. The molecular weight excluding hydrogens is 367 g/mol. The molecule has 0 saturated carbocycles. The number of aryl methyl sites for hydroxylation is 1. The Morgan fingerprint density at radius 3 is 2.75 bits per heavy atom. The minimum atomic E-state index is -1.33. The molecule has 7 nitrogen and oxygen atoms in total. The van der Waals surface area contributed by atoms with Crippen molar-refractivity contribution < 1.29 is 28.6 Å². The number of halogens is 1. The highest BCUT2D eigenvalue weighted by Gasteiger charge is 2.27. The predicted octanol–water partition coefficient (Wildman–Crippen LogP) is 2.20. The number of amides is 2. The standard InChI is InChI=1S/C20H17FN2O5/c21-14-9-15-10(2-4-17(24)22-15)8-13(14)19(25)23-18(20(26)27)12-1-3-16-11(7-12)5-6-28-16/h1,3,7-9,18H,2,4-6H2,(H,22,24)(H,23,25)(H,26,27). The molecule has 3 N–H and O–H groups in total. The van der Waals surface area contributed by atoms with E-state index in [1.807, 2.05) is 0 Å². The van der Waals surface area contributed by atoms with Gasteiger partial charge in [0.25, 0.3) is 5.91 Å². The fourth-order valence-corrected chi connectivity index (χ4v) is 3.46. The molecule has 2 aromatic carbocycles. The van der Waals surface area contributed by atoms with Crippen LogP contribution in [0.3, 0.4) is 0 Å². The average Bonchev–Trinajstić information content (AvgIpc) is 3.12. The molecule has 0 radical (unpaired) electrons. The highest BCUT2D eigenvalue weighted by Crippen LogP contribution is 2.29. The van der Waals surface area contributed by atoms with Crippen molar-refractivity contribution in [3.8, 4) is 5.75 Å². The Morgan fingerprint density at radius 2 is 1.96 bits per heavy atom. The molecule has 2 aromatic rings. The van der Waals surface area contributed by atoms with Gasteiger partial charge in [-0.1, -0.05) is 6.07 Å². The van der Waals surface area contributed by atoms with Crippen molar-refractivity contribution in [1.82, 2.24) is 5.32 Å². The van der Waals surface area contributed by atoms with E-state index in [0.29, 0.717) is 42.0 Å². The number of carboxylic acid groups (broad SMARTS) is 1. The molecule has 2 aliphatic heterocycles. The van der Waals surface area contributed by atoms with Crippen molar-refractivity contribution in [2.24, 2.45) is 0 Å². The number of carbonyl (C=O) groups is 3. The first-order valence-corrected chi connectivity index (χ1v) is 8.84. The SMILES string of the molecule is O=C1CCc2cc(C(=O)NC(C(=O)O)c3ccc4c(c3)CCO4)c(F)cc2N1. The maximum absolute atomic E-state index is 14.4. The minimum Gasteiger partial charge on any atom is -0.493 e. The first-order chi connectivity index (χ1) is 13.4. The highest BCUT2D eigenvalue weighted by molar-refractivity contribution is 5.99. The Labute approximate surface area is 159 Å². The van der Waals surface area contributed by atoms with E-state index in [9.17, 15) is 23.9 Å². The van der Waals surface area contributed by atoms with E-state index < -0.39 is 23.7 Å². The van der Waals surface area contributed by atoms with E-state index in [2.05, 4.69) is 10.6 Å². The molecule has 0 bridgehead atoms. The molecule has 8 heteroatoms. The normalized spacial score (nSPS) is 15.7. The summed E-state index contributed by atoms with van der Waals surface area (Å²) < 4.78 is 19.8. The van der Waals surface area contributed by atoms with Gasteiger partial charge in [0.2, 0.25) is 5.91 Å². The van der Waals surface area contributed by atoms with Crippen LogP contribution in [0.15, 0.2) is 30.3 Å². The van der Waals surface area contributed by atoms with Gasteiger partial charge in [0.15, 0.2) is 6.04 Å². The lowest BCUT2D eigenvalue weighted by molar-refractivity contribution is -0.139. The van der Waals surface area contributed by atoms with E-state index >= 15 is 0 Å². The maximum Gasteiger partial charge on any atom is 0.330 e. The smallest absolute Gasteiger partial charge is 0.330 e. The molecule has 1 unspecified atom stereocenters. The molecular formula is C20H17FN2O5.